The lowest BCUT2D eigenvalue weighted by Crippen LogP contribution is -2.15. The highest BCUT2D eigenvalue weighted by Crippen LogP contribution is 2.11. The van der Waals surface area contributed by atoms with E-state index < -0.39 is 0 Å². The lowest BCUT2D eigenvalue weighted by atomic mass is 10.3. The number of carbonyl (C=O) groups excluding carboxylic acids is 1. The quantitative estimate of drug-likeness (QED) is 0.739. The number of rotatable bonds is 3. The van der Waals surface area contributed by atoms with Gasteiger partial charge in [-0.25, -0.2) is 4.98 Å². The van der Waals surface area contributed by atoms with Gasteiger partial charge in [0.2, 0.25) is 0 Å². The van der Waals surface area contributed by atoms with E-state index in [1.54, 1.807) is 18.2 Å². The first-order chi connectivity index (χ1) is 8.20. The average molecular weight is 231 g/mol. The Morgan fingerprint density at radius 2 is 2.41 bits per heavy atom. The van der Waals surface area contributed by atoms with Gasteiger partial charge in [-0.05, 0) is 18.6 Å². The van der Waals surface area contributed by atoms with Crippen molar-refractivity contribution in [1.29, 1.82) is 0 Å². The fourth-order valence-electron chi connectivity index (χ4n) is 1.39. The van der Waals surface area contributed by atoms with E-state index in [1.807, 2.05) is 6.92 Å². The van der Waals surface area contributed by atoms with Crippen LogP contribution >= 0.6 is 0 Å². The fraction of sp³-hybridized carbons (Fsp3) is 0.182. The number of aryl methyl sites for hydroxylation is 1. The van der Waals surface area contributed by atoms with Gasteiger partial charge in [-0.2, -0.15) is 5.10 Å². The monoisotopic (exact) mass is 231 g/mol. The summed E-state index contributed by atoms with van der Waals surface area (Å²) in [6.45, 7) is 2.00. The molecule has 0 aliphatic heterocycles. The number of H-pyrrole nitrogens is 1. The van der Waals surface area contributed by atoms with E-state index in [2.05, 4.69) is 20.5 Å². The molecule has 2 aromatic rings. The molecule has 88 valence electrons. The van der Waals surface area contributed by atoms with Crippen LogP contribution in [-0.4, -0.2) is 21.1 Å². The lowest BCUT2D eigenvalue weighted by Gasteiger charge is -2.03. The van der Waals surface area contributed by atoms with E-state index in [0.29, 0.717) is 11.5 Å². The number of aromatic nitrogens is 3. The summed E-state index contributed by atoms with van der Waals surface area (Å²) in [7, 11) is 0. The van der Waals surface area contributed by atoms with E-state index in [9.17, 15) is 4.79 Å². The first-order valence-corrected chi connectivity index (χ1v) is 5.27. The average Bonchev–Trinajstić information content (AvgIpc) is 2.77. The van der Waals surface area contributed by atoms with Gasteiger partial charge in [-0.1, -0.05) is 6.92 Å². The fourth-order valence-corrected chi connectivity index (χ4v) is 1.39. The molecule has 6 heteroatoms. The number of hydrogen-bond donors (Lipinski definition) is 3. The standard InChI is InChI=1S/C11H13N5O/c1-2-7-6-9(16-15-7)14-11(17)10-8(12)4-3-5-13-10/h3-6H,2,12H2,1H3,(H2,14,15,16,17). The van der Waals surface area contributed by atoms with E-state index in [4.69, 9.17) is 5.73 Å². The summed E-state index contributed by atoms with van der Waals surface area (Å²) in [4.78, 5) is 15.8. The largest absolute Gasteiger partial charge is 0.397 e. The maximum atomic E-state index is 11.8. The molecule has 0 saturated heterocycles. The second-order valence-electron chi connectivity index (χ2n) is 3.53. The van der Waals surface area contributed by atoms with Crippen molar-refractivity contribution in [1.82, 2.24) is 15.2 Å². The van der Waals surface area contributed by atoms with Crippen LogP contribution in [0.2, 0.25) is 0 Å². The molecule has 2 aromatic heterocycles. The minimum atomic E-state index is -0.364. The van der Waals surface area contributed by atoms with Crippen LogP contribution in [0.3, 0.4) is 0 Å². The molecule has 2 rings (SSSR count). The predicted octanol–water partition coefficient (Wildman–Crippen LogP) is 1.20. The number of pyridine rings is 1. The summed E-state index contributed by atoms with van der Waals surface area (Å²) in [5.74, 6) is 0.106. The van der Waals surface area contributed by atoms with Crippen molar-refractivity contribution in [3.63, 3.8) is 0 Å². The Kier molecular flexibility index (Phi) is 3.04. The molecule has 2 heterocycles. The Balaban J connectivity index is 2.14. The van der Waals surface area contributed by atoms with Crippen molar-refractivity contribution in [2.24, 2.45) is 0 Å². The Morgan fingerprint density at radius 1 is 1.59 bits per heavy atom. The van der Waals surface area contributed by atoms with Crippen molar-refractivity contribution in [2.75, 3.05) is 11.1 Å². The van der Waals surface area contributed by atoms with Crippen LogP contribution in [0.1, 0.15) is 23.1 Å². The molecular formula is C11H13N5O. The van der Waals surface area contributed by atoms with Gasteiger partial charge >= 0.3 is 0 Å². The van der Waals surface area contributed by atoms with Crippen LogP contribution in [0.4, 0.5) is 11.5 Å². The van der Waals surface area contributed by atoms with Crippen molar-refractivity contribution in [3.8, 4) is 0 Å². The highest BCUT2D eigenvalue weighted by molar-refractivity contribution is 6.05. The number of aromatic amines is 1. The predicted molar refractivity (Wildman–Crippen MR) is 64.6 cm³/mol. The number of hydrogen-bond acceptors (Lipinski definition) is 4. The molecule has 0 aliphatic carbocycles. The zero-order valence-corrected chi connectivity index (χ0v) is 9.40. The van der Waals surface area contributed by atoms with Crippen LogP contribution in [0, 0.1) is 0 Å². The van der Waals surface area contributed by atoms with Gasteiger partial charge in [-0.15, -0.1) is 0 Å². The Morgan fingerprint density at radius 3 is 3.06 bits per heavy atom. The van der Waals surface area contributed by atoms with Gasteiger partial charge in [-0.3, -0.25) is 9.89 Å². The normalized spacial score (nSPS) is 10.2. The lowest BCUT2D eigenvalue weighted by molar-refractivity contribution is 0.102. The van der Waals surface area contributed by atoms with Crippen LogP contribution in [0.25, 0.3) is 0 Å². The molecule has 1 amide bonds. The van der Waals surface area contributed by atoms with Crippen LogP contribution in [0.5, 0.6) is 0 Å². The first kappa shape index (κ1) is 11.1. The topological polar surface area (TPSA) is 96.7 Å². The van der Waals surface area contributed by atoms with Crippen LogP contribution in [-0.2, 0) is 6.42 Å². The molecule has 0 aliphatic rings. The van der Waals surface area contributed by atoms with Gasteiger partial charge in [0.15, 0.2) is 11.5 Å². The van der Waals surface area contributed by atoms with Gasteiger partial charge < -0.3 is 11.1 Å². The van der Waals surface area contributed by atoms with E-state index in [1.165, 1.54) is 6.20 Å². The number of nitrogens with zero attached hydrogens (tertiary/aromatic N) is 2. The summed E-state index contributed by atoms with van der Waals surface area (Å²) >= 11 is 0. The number of nitrogens with one attached hydrogen (secondary N) is 2. The van der Waals surface area contributed by atoms with Gasteiger partial charge in [0.1, 0.15) is 0 Å². The molecule has 6 nitrogen and oxygen atoms in total. The zero-order chi connectivity index (χ0) is 12.3. The zero-order valence-electron chi connectivity index (χ0n) is 9.40. The van der Waals surface area contributed by atoms with Gasteiger partial charge in [0.25, 0.3) is 5.91 Å². The second-order valence-corrected chi connectivity index (χ2v) is 3.53. The summed E-state index contributed by atoms with van der Waals surface area (Å²) in [6.07, 6.45) is 2.35. The summed E-state index contributed by atoms with van der Waals surface area (Å²) < 4.78 is 0. The molecule has 0 bridgehead atoms. The van der Waals surface area contributed by atoms with E-state index in [-0.39, 0.29) is 11.6 Å². The van der Waals surface area contributed by atoms with Crippen LogP contribution in [0.15, 0.2) is 24.4 Å². The molecule has 0 saturated carbocycles. The van der Waals surface area contributed by atoms with E-state index >= 15 is 0 Å². The number of anilines is 2. The molecule has 0 radical (unpaired) electrons. The number of amides is 1. The molecule has 0 spiro atoms. The Labute approximate surface area is 98.3 Å². The van der Waals surface area contributed by atoms with Gasteiger partial charge in [0, 0.05) is 18.0 Å². The maximum Gasteiger partial charge on any atom is 0.277 e. The van der Waals surface area contributed by atoms with Crippen molar-refractivity contribution in [2.45, 2.75) is 13.3 Å². The second kappa shape index (κ2) is 4.65. The van der Waals surface area contributed by atoms with E-state index in [0.717, 1.165) is 12.1 Å². The Bertz CT molecular complexity index is 534. The minimum absolute atomic E-state index is 0.202. The van der Waals surface area contributed by atoms with Gasteiger partial charge in [0.05, 0.1) is 5.69 Å². The van der Waals surface area contributed by atoms with Crippen molar-refractivity contribution in [3.05, 3.63) is 35.8 Å². The molecule has 0 atom stereocenters. The molecule has 17 heavy (non-hydrogen) atoms. The molecule has 0 fully saturated rings. The summed E-state index contributed by atoms with van der Waals surface area (Å²) in [5, 5.41) is 9.40. The third-order valence-corrected chi connectivity index (χ3v) is 2.31. The number of nitrogens with two attached hydrogens (primary N) is 1. The smallest absolute Gasteiger partial charge is 0.277 e. The van der Waals surface area contributed by atoms with Crippen molar-refractivity contribution >= 4 is 17.4 Å². The third kappa shape index (κ3) is 2.41. The highest BCUT2D eigenvalue weighted by Gasteiger charge is 2.12. The maximum absolute atomic E-state index is 11.8. The first-order valence-electron chi connectivity index (χ1n) is 5.27. The van der Waals surface area contributed by atoms with Crippen molar-refractivity contribution < 1.29 is 4.79 Å². The molecule has 4 N–H and O–H groups in total. The Hall–Kier alpha value is -2.37. The number of carbonyl (C=O) groups is 1. The highest BCUT2D eigenvalue weighted by atomic mass is 16.2. The number of nitrogen functional groups attached to an aromatic ring is 1. The summed E-state index contributed by atoms with van der Waals surface area (Å²) in [6, 6.07) is 5.08. The SMILES string of the molecule is CCc1cc(NC(=O)c2ncccc2N)n[nH]1. The van der Waals surface area contributed by atoms with Crippen LogP contribution < -0.4 is 11.1 Å². The molecular weight excluding hydrogens is 218 g/mol. The third-order valence-electron chi connectivity index (χ3n) is 2.31. The summed E-state index contributed by atoms with van der Waals surface area (Å²) in [5.41, 5.74) is 7.15. The molecule has 0 unspecified atom stereocenters. The molecule has 0 aromatic carbocycles. The minimum Gasteiger partial charge on any atom is -0.397 e.